The summed E-state index contributed by atoms with van der Waals surface area (Å²) in [5.74, 6) is -0.934. The topological polar surface area (TPSA) is 112 Å². The molecule has 0 fully saturated rings. The van der Waals surface area contributed by atoms with Gasteiger partial charge in [-0.2, -0.15) is 8.42 Å². The third-order valence-corrected chi connectivity index (χ3v) is 1.34. The van der Waals surface area contributed by atoms with Gasteiger partial charge >= 0.3 is 16.4 Å². The fourth-order valence-electron chi connectivity index (χ4n) is 0.592. The zero-order valence-corrected chi connectivity index (χ0v) is 8.73. The van der Waals surface area contributed by atoms with E-state index >= 15 is 0 Å². The zero-order valence-electron chi connectivity index (χ0n) is 7.16. The summed E-state index contributed by atoms with van der Waals surface area (Å²) in [5, 5.41) is 8.98. The molecule has 6 nitrogen and oxygen atoms in total. The standard InChI is InChI=1S/C7H5ClO2.H2O4S/c8-6-3-1-5(2-4-6)7(9)10;1-5(2,3)4/h1-4H,(H,9,10);(H2,1,2,3,4). The van der Waals surface area contributed by atoms with E-state index < -0.39 is 16.4 Å². The third-order valence-electron chi connectivity index (χ3n) is 1.09. The maximum absolute atomic E-state index is 10.3. The average molecular weight is 255 g/mol. The van der Waals surface area contributed by atoms with Crippen LogP contribution in [0.1, 0.15) is 10.4 Å². The molecule has 0 saturated heterocycles. The van der Waals surface area contributed by atoms with Crippen molar-refractivity contribution in [1.82, 2.24) is 0 Å². The molecule has 0 heterocycles. The van der Waals surface area contributed by atoms with Crippen molar-refractivity contribution >= 4 is 28.0 Å². The van der Waals surface area contributed by atoms with Crippen LogP contribution in [0.25, 0.3) is 0 Å². The Balaban J connectivity index is 0.000000336. The summed E-state index contributed by atoms with van der Waals surface area (Å²) in [6.45, 7) is 0. The van der Waals surface area contributed by atoms with Gasteiger partial charge in [0.2, 0.25) is 0 Å². The summed E-state index contributed by atoms with van der Waals surface area (Å²) in [4.78, 5) is 10.3. The van der Waals surface area contributed by atoms with Gasteiger partial charge in [0, 0.05) is 5.02 Å². The molecule has 0 spiro atoms. The molecule has 0 aliphatic heterocycles. The molecule has 1 aromatic carbocycles. The van der Waals surface area contributed by atoms with Gasteiger partial charge in [0.05, 0.1) is 5.56 Å². The lowest BCUT2D eigenvalue weighted by molar-refractivity contribution is 0.0697. The molecule has 0 aliphatic rings. The predicted octanol–water partition coefficient (Wildman–Crippen LogP) is 1.39. The van der Waals surface area contributed by atoms with E-state index in [1.54, 1.807) is 12.1 Å². The highest BCUT2D eigenvalue weighted by Gasteiger charge is 1.99. The molecule has 15 heavy (non-hydrogen) atoms. The van der Waals surface area contributed by atoms with Crippen LogP contribution in [0, 0.1) is 0 Å². The number of carboxylic acids is 1. The molecule has 0 amide bonds. The number of aromatic carboxylic acids is 1. The number of halogens is 1. The van der Waals surface area contributed by atoms with Crippen LogP contribution >= 0.6 is 11.6 Å². The maximum atomic E-state index is 10.3. The van der Waals surface area contributed by atoms with E-state index in [1.807, 2.05) is 0 Å². The first-order valence-electron chi connectivity index (χ1n) is 3.39. The van der Waals surface area contributed by atoms with E-state index in [1.165, 1.54) is 12.1 Å². The molecular formula is C7H7ClO6S. The predicted molar refractivity (Wildman–Crippen MR) is 52.6 cm³/mol. The van der Waals surface area contributed by atoms with Crippen LogP contribution in [0.2, 0.25) is 5.02 Å². The van der Waals surface area contributed by atoms with Crippen molar-refractivity contribution in [2.75, 3.05) is 0 Å². The van der Waals surface area contributed by atoms with Crippen LogP contribution < -0.4 is 0 Å². The summed E-state index contributed by atoms with van der Waals surface area (Å²) in [6.07, 6.45) is 0. The quantitative estimate of drug-likeness (QED) is 0.653. The lowest BCUT2D eigenvalue weighted by Crippen LogP contribution is -1.94. The van der Waals surface area contributed by atoms with Gasteiger partial charge in [-0.1, -0.05) is 11.6 Å². The molecule has 0 aromatic heterocycles. The molecule has 0 saturated carbocycles. The molecule has 0 radical (unpaired) electrons. The minimum absolute atomic E-state index is 0.254. The number of rotatable bonds is 1. The minimum atomic E-state index is -4.67. The highest BCUT2D eigenvalue weighted by molar-refractivity contribution is 7.79. The Bertz CT molecular complexity index is 415. The van der Waals surface area contributed by atoms with Crippen molar-refractivity contribution in [3.63, 3.8) is 0 Å². The molecule has 0 aliphatic carbocycles. The van der Waals surface area contributed by atoms with E-state index in [0.29, 0.717) is 5.02 Å². The van der Waals surface area contributed by atoms with E-state index in [4.69, 9.17) is 34.2 Å². The van der Waals surface area contributed by atoms with E-state index in [0.717, 1.165) is 0 Å². The second kappa shape index (κ2) is 5.66. The fourth-order valence-corrected chi connectivity index (χ4v) is 0.718. The first-order chi connectivity index (χ1) is 6.70. The Kier molecular flexibility index (Phi) is 5.23. The Morgan fingerprint density at radius 3 is 1.73 bits per heavy atom. The zero-order chi connectivity index (χ0) is 12.1. The Hall–Kier alpha value is -1.15. The molecule has 84 valence electrons. The van der Waals surface area contributed by atoms with Gasteiger partial charge in [-0.25, -0.2) is 4.79 Å². The number of carboxylic acid groups (broad SMARTS) is 1. The molecular weight excluding hydrogens is 248 g/mol. The monoisotopic (exact) mass is 254 g/mol. The van der Waals surface area contributed by atoms with Crippen molar-refractivity contribution in [2.24, 2.45) is 0 Å². The van der Waals surface area contributed by atoms with Crippen LogP contribution in [0.3, 0.4) is 0 Å². The second-order valence-corrected chi connectivity index (χ2v) is 3.59. The van der Waals surface area contributed by atoms with Gasteiger partial charge in [0.15, 0.2) is 0 Å². The van der Waals surface area contributed by atoms with Gasteiger partial charge < -0.3 is 5.11 Å². The highest BCUT2D eigenvalue weighted by atomic mass is 35.5. The van der Waals surface area contributed by atoms with Gasteiger partial charge in [-0.15, -0.1) is 0 Å². The van der Waals surface area contributed by atoms with Crippen LogP contribution in [-0.4, -0.2) is 28.6 Å². The van der Waals surface area contributed by atoms with Gasteiger partial charge in [0.1, 0.15) is 0 Å². The molecule has 0 bridgehead atoms. The third kappa shape index (κ3) is 9.16. The van der Waals surface area contributed by atoms with Crippen molar-refractivity contribution in [3.05, 3.63) is 34.9 Å². The normalized spacial score (nSPS) is 10.1. The van der Waals surface area contributed by atoms with Gasteiger partial charge in [-0.3, -0.25) is 9.11 Å². The summed E-state index contributed by atoms with van der Waals surface area (Å²) < 4.78 is 31.6. The van der Waals surface area contributed by atoms with Crippen LogP contribution in [0.15, 0.2) is 24.3 Å². The largest absolute Gasteiger partial charge is 0.478 e. The number of carbonyl (C=O) groups is 1. The first-order valence-corrected chi connectivity index (χ1v) is 5.16. The van der Waals surface area contributed by atoms with Gasteiger partial charge in [-0.05, 0) is 24.3 Å². The fraction of sp³-hybridized carbons (Fsp3) is 0. The van der Waals surface area contributed by atoms with Crippen molar-refractivity contribution in [2.45, 2.75) is 0 Å². The highest BCUT2D eigenvalue weighted by Crippen LogP contribution is 2.08. The smallest absolute Gasteiger partial charge is 0.394 e. The molecule has 1 rings (SSSR count). The Morgan fingerprint density at radius 1 is 1.13 bits per heavy atom. The van der Waals surface area contributed by atoms with Crippen LogP contribution in [0.5, 0.6) is 0 Å². The summed E-state index contributed by atoms with van der Waals surface area (Å²) in [6, 6.07) is 6.02. The molecule has 8 heteroatoms. The SMILES string of the molecule is O=C(O)c1ccc(Cl)cc1.O=S(=O)(O)O. The average Bonchev–Trinajstić information content (AvgIpc) is 2.01. The van der Waals surface area contributed by atoms with Crippen molar-refractivity contribution in [3.8, 4) is 0 Å². The van der Waals surface area contributed by atoms with Crippen molar-refractivity contribution in [1.29, 1.82) is 0 Å². The van der Waals surface area contributed by atoms with Gasteiger partial charge in [0.25, 0.3) is 0 Å². The lowest BCUT2D eigenvalue weighted by Gasteiger charge is -1.91. The van der Waals surface area contributed by atoms with Crippen LogP contribution in [0.4, 0.5) is 0 Å². The van der Waals surface area contributed by atoms with E-state index in [9.17, 15) is 4.79 Å². The van der Waals surface area contributed by atoms with E-state index in [2.05, 4.69) is 0 Å². The number of hydrogen-bond donors (Lipinski definition) is 3. The Morgan fingerprint density at radius 2 is 1.47 bits per heavy atom. The molecule has 0 atom stereocenters. The molecule has 1 aromatic rings. The summed E-state index contributed by atoms with van der Waals surface area (Å²) in [7, 11) is -4.67. The number of hydrogen-bond acceptors (Lipinski definition) is 3. The number of benzene rings is 1. The second-order valence-electron chi connectivity index (χ2n) is 2.26. The van der Waals surface area contributed by atoms with Crippen LogP contribution in [-0.2, 0) is 10.4 Å². The lowest BCUT2D eigenvalue weighted by atomic mass is 10.2. The minimum Gasteiger partial charge on any atom is -0.478 e. The molecule has 3 N–H and O–H groups in total. The Labute approximate surface area is 90.7 Å². The molecule has 0 unspecified atom stereocenters. The summed E-state index contributed by atoms with van der Waals surface area (Å²) >= 11 is 5.52. The van der Waals surface area contributed by atoms with Crippen molar-refractivity contribution < 1.29 is 27.4 Å². The summed E-state index contributed by atoms with van der Waals surface area (Å²) in [5.41, 5.74) is 0.254. The maximum Gasteiger partial charge on any atom is 0.394 e. The first kappa shape index (κ1) is 13.8. The van der Waals surface area contributed by atoms with E-state index in [-0.39, 0.29) is 5.56 Å².